The molecule has 14 atom stereocenters. The van der Waals surface area contributed by atoms with E-state index in [1.54, 1.807) is 111 Å². The molecule has 0 radical (unpaired) electrons. The lowest BCUT2D eigenvalue weighted by Crippen LogP contribution is -2.75. The van der Waals surface area contributed by atoms with Crippen molar-refractivity contribution in [3.8, 4) is 29.1 Å². The quantitative estimate of drug-likeness (QED) is 0.00195. The molecule has 136 heavy (non-hydrogen) atoms. The fourth-order valence-corrected chi connectivity index (χ4v) is 16.6. The SMILES string of the molecule is CC#N.CC(C)[C@H](O)[C@@]12C(=O)OC1[C@@](C)(SOOc1ccccc1)C(=O)N2Cc1ccccc1.CC(C)[C@H](O)[C@]12NC(=O)[C@H](C)C1OC2=O.ClCCl.NC(CO)C(=O)O.O=C1OC2C1N(Cc1ccccc1)C(=O)[C@@H]2SOOc1ccccc1.O=C1OC[C@H]1N(Cc1ccccc1)C(=O)CSOOc1ccccc1.[N-]=[N+]=C(SOOc1ccccc1)C(=O)N(Cc1ccccc1)[C@@H]1COC1=O. The van der Waals surface area contributed by atoms with Crippen molar-refractivity contribution in [2.45, 2.75) is 150 Å². The Morgan fingerprint density at radius 3 is 1.41 bits per heavy atom. The maximum absolute atomic E-state index is 13.6. The zero-order valence-corrected chi connectivity index (χ0v) is 78.9. The zero-order valence-electron chi connectivity index (χ0n) is 74.1. The number of nitriles is 1. The number of fused-ring (bicyclic) bond motifs is 3. The Morgan fingerprint density at radius 2 is 1.02 bits per heavy atom. The van der Waals surface area contributed by atoms with Gasteiger partial charge in [0.1, 0.15) is 31.1 Å². The van der Waals surface area contributed by atoms with Crippen LogP contribution in [-0.4, -0.2) is 222 Å². The van der Waals surface area contributed by atoms with Crippen LogP contribution in [0, 0.1) is 29.1 Å². The molecule has 8 heterocycles. The minimum absolute atomic E-state index is 0.0312. The van der Waals surface area contributed by atoms with Gasteiger partial charge in [-0.2, -0.15) is 10.1 Å². The first-order valence-corrected chi connectivity index (χ1v) is 46.1. The van der Waals surface area contributed by atoms with Crippen molar-refractivity contribution < 1.29 is 139 Å². The van der Waals surface area contributed by atoms with Gasteiger partial charge in [-0.1, -0.05) is 222 Å². The Labute approximate surface area is 809 Å². The summed E-state index contributed by atoms with van der Waals surface area (Å²) in [7, 11) is 0. The second-order valence-electron chi connectivity index (χ2n) is 31.1. The number of aliphatic hydroxyl groups is 3. The number of nitrogens with two attached hydrogens (primary N) is 1. The highest BCUT2D eigenvalue weighted by Gasteiger charge is 2.81. The Bertz CT molecular complexity index is 5350. The second kappa shape index (κ2) is 52.7. The highest BCUT2D eigenvalue weighted by Crippen LogP contribution is 2.56. The number of carbonyl (C=O) groups excluding carboxylic acids is 10. The van der Waals surface area contributed by atoms with Crippen LogP contribution in [0.15, 0.2) is 243 Å². The molecule has 0 aromatic heterocycles. The molecule has 0 spiro atoms. The number of hydrogen-bond acceptors (Lipinski definition) is 33. The maximum atomic E-state index is 13.6. The zero-order chi connectivity index (χ0) is 98.7. The van der Waals surface area contributed by atoms with Gasteiger partial charge in [-0.15, -0.1) is 40.5 Å². The van der Waals surface area contributed by atoms with E-state index in [4.69, 9.17) is 105 Å². The number of esters is 5. The molecule has 8 fully saturated rings. The number of aliphatic carboxylic acids is 1. The van der Waals surface area contributed by atoms with E-state index < -0.39 is 112 Å². The number of benzene rings is 8. The summed E-state index contributed by atoms with van der Waals surface area (Å²) >= 11 is 12.5. The number of hydrogen-bond donors (Lipinski definition) is 6. The number of aliphatic hydroxyl groups excluding tert-OH is 3. The van der Waals surface area contributed by atoms with E-state index in [0.717, 1.165) is 58.4 Å². The molecule has 0 saturated carbocycles. The summed E-state index contributed by atoms with van der Waals surface area (Å²) in [6.45, 7) is 12.8. The number of rotatable bonds is 32. The first kappa shape index (κ1) is 107. The highest BCUT2D eigenvalue weighted by atomic mass is 35.5. The third-order valence-corrected chi connectivity index (χ3v) is 24.1. The number of carboxylic acid groups (broad SMARTS) is 1. The standard InChI is InChI=1S/C23H25NO6S.C18H15N3O5S.C18H15NO5S.C18H17NO5S.C10H15NO4.C3H7NO3.C2H3N.CH2Cl2/c1-15(2)18(25)23-19(28-21(23)27)22(3,31-30-29-17-12-8-5-9-13-17)20(26)24(23)14-16-10-6-4-7-11-16;19-20-16(27-26-25-14-9-5-2-6-10-14)17(22)21(15-12-24-18(15)23)11-13-7-3-1-4-8-13;20-17-16(25-24-23-13-9-5-2-6-10-13)15-14(18(21)22-15)19(17)11-12-7-3-1-4-8-12;20-17(13-25-24-23-15-9-5-2-6-10-15)19(16-12-22-18(16)21)11-14-7-3-1-4-8-14;1-4(2)6(12)10-7(15-9(10)14)5(3)8(13)11-10;4-2(1-5)3(6)7;1-2-3;2-1-3/h4-13,15,18-19,25H,14H2,1-3H3;1-10,15H,11-12H2;1-10,14-16H,11H2;1-10,16H,11-13H2;4-7,12H,1-3H3,(H,11,13);2,5H,1,4H2,(H,6,7);1H3;1H2/t18-,19?,22+,23-;15-;14?,15?,16-;16-;5-,6+,7?,10+;;;/m01111.../s1. The molecule has 0 bridgehead atoms. The highest BCUT2D eigenvalue weighted by molar-refractivity contribution is 8.11. The Morgan fingerprint density at radius 1 is 0.603 bits per heavy atom. The maximum Gasteiger partial charge on any atom is 0.444 e. The number of cyclic esters (lactones) is 2. The fraction of sp³-hybridized carbons (Fsp3) is 0.344. The summed E-state index contributed by atoms with van der Waals surface area (Å²) in [5.41, 5.74) is 14.9. The van der Waals surface area contributed by atoms with Crippen molar-refractivity contribution in [2.24, 2.45) is 23.5 Å². The number of carboxylic acids is 1. The van der Waals surface area contributed by atoms with Gasteiger partial charge < -0.3 is 99.8 Å². The molecule has 8 aromatic rings. The first-order chi connectivity index (χ1) is 65.4. The fourth-order valence-electron chi connectivity index (χ4n) is 14.2. The second-order valence-corrected chi connectivity index (χ2v) is 35.3. The molecule has 8 saturated heterocycles. The van der Waals surface area contributed by atoms with Gasteiger partial charge in [0.25, 0.3) is 0 Å². The Kier molecular flexibility index (Phi) is 41.6. The average molecular weight is 1990 g/mol. The lowest BCUT2D eigenvalue weighted by Gasteiger charge is -2.51. The first-order valence-electron chi connectivity index (χ1n) is 41.9. The smallest absolute Gasteiger partial charge is 0.444 e. The largest absolute Gasteiger partial charge is 0.480 e. The third kappa shape index (κ3) is 27.3. The Balaban J connectivity index is 0.000000186. The average Bonchev–Trinajstić information content (AvgIpc) is 1.50. The number of alkyl halides is 2. The van der Waals surface area contributed by atoms with E-state index in [-0.39, 0.29) is 95.8 Å². The number of halogens is 2. The van der Waals surface area contributed by atoms with Gasteiger partial charge in [-0.3, -0.25) is 28.8 Å². The van der Waals surface area contributed by atoms with Crippen LogP contribution >= 0.6 is 71.4 Å². The monoisotopic (exact) mass is 1990 g/mol. The van der Waals surface area contributed by atoms with Gasteiger partial charge in [0.2, 0.25) is 34.7 Å². The van der Waals surface area contributed by atoms with E-state index in [0.29, 0.717) is 48.1 Å². The summed E-state index contributed by atoms with van der Waals surface area (Å²) in [5, 5.41) is 46.1. The summed E-state index contributed by atoms with van der Waals surface area (Å²) in [6.07, 6.45) is -3.89. The summed E-state index contributed by atoms with van der Waals surface area (Å²) in [4.78, 5) is 161. The molecule has 8 aromatic carbocycles. The topological polar surface area (TPSA) is 500 Å². The van der Waals surface area contributed by atoms with E-state index in [2.05, 4.69) is 10.1 Å². The van der Waals surface area contributed by atoms with Crippen molar-refractivity contribution in [3.05, 3.63) is 270 Å². The molecule has 8 aliphatic heterocycles. The number of ether oxygens (including phenoxy) is 5. The molecule has 43 heteroatoms. The number of nitrogens with one attached hydrogen (secondary N) is 1. The van der Waals surface area contributed by atoms with Crippen LogP contribution in [0.5, 0.6) is 23.0 Å². The molecular formula is C93H99Cl2N9O28S4. The predicted octanol–water partition coefficient (Wildman–Crippen LogP) is 10.1. The molecule has 0 aliphatic carbocycles. The number of likely N-dealkylation sites (tertiary alicyclic amines) is 2. The summed E-state index contributed by atoms with van der Waals surface area (Å²) in [5.74, 6) is -3.98. The number of amides is 5. The number of nitrogens with zero attached hydrogens (tertiary/aromatic N) is 7. The van der Waals surface area contributed by atoms with Crippen molar-refractivity contribution in [1.82, 2.24) is 24.9 Å². The third-order valence-electron chi connectivity index (χ3n) is 21.3. The van der Waals surface area contributed by atoms with Crippen LogP contribution in [0.3, 0.4) is 0 Å². The summed E-state index contributed by atoms with van der Waals surface area (Å²) < 4.78 is 44.3. The van der Waals surface area contributed by atoms with Crippen LogP contribution in [-0.2, 0) is 120 Å². The predicted molar refractivity (Wildman–Crippen MR) is 495 cm³/mol. The molecule has 7 N–H and O–H groups in total. The van der Waals surface area contributed by atoms with Gasteiger partial charge in [-0.25, -0.2) is 24.0 Å². The molecular weight excluding hydrogens is 1890 g/mol. The van der Waals surface area contributed by atoms with Crippen molar-refractivity contribution in [3.63, 3.8) is 0 Å². The Hall–Kier alpha value is -12.3. The van der Waals surface area contributed by atoms with Crippen molar-refractivity contribution in [2.75, 3.05) is 30.9 Å². The van der Waals surface area contributed by atoms with Gasteiger partial charge in [0.05, 0.1) is 72.3 Å². The van der Waals surface area contributed by atoms with Crippen molar-refractivity contribution >= 4 is 142 Å². The van der Waals surface area contributed by atoms with Crippen LogP contribution in [0.25, 0.3) is 5.53 Å². The number of para-hydroxylation sites is 4. The van der Waals surface area contributed by atoms with Crippen LogP contribution < -0.4 is 30.6 Å². The lowest BCUT2D eigenvalue weighted by atomic mass is 9.75. The van der Waals surface area contributed by atoms with Crippen LogP contribution in [0.1, 0.15) is 70.7 Å². The molecule has 16 rings (SSSR count). The molecule has 5 unspecified atom stereocenters. The van der Waals surface area contributed by atoms with E-state index in [1.165, 1.54) is 21.6 Å². The van der Waals surface area contributed by atoms with Crippen molar-refractivity contribution in [1.29, 1.82) is 5.26 Å². The van der Waals surface area contributed by atoms with Gasteiger partial charge in [-0.05, 0) is 96.5 Å². The van der Waals surface area contributed by atoms with Crippen LogP contribution in [0.2, 0.25) is 0 Å². The molecule has 37 nitrogen and oxygen atoms in total. The minimum atomic E-state index is -1.47. The molecule has 8 aliphatic rings. The molecule has 722 valence electrons. The van der Waals surface area contributed by atoms with E-state index in [9.17, 15) is 68.5 Å². The van der Waals surface area contributed by atoms with E-state index in [1.807, 2.05) is 184 Å². The minimum Gasteiger partial charge on any atom is -0.480 e. The molecule has 5 amide bonds. The van der Waals surface area contributed by atoms with E-state index >= 15 is 0 Å². The van der Waals surface area contributed by atoms with Gasteiger partial charge in [0, 0.05) is 33.1 Å². The summed E-state index contributed by atoms with van der Waals surface area (Å²) in [6, 6.07) is 71.8. The lowest BCUT2D eigenvalue weighted by molar-refractivity contribution is -0.223. The van der Waals surface area contributed by atoms with Crippen LogP contribution in [0.4, 0.5) is 0 Å². The number of carbonyl (C=O) groups is 11. The van der Waals surface area contributed by atoms with Gasteiger partial charge in [0.15, 0.2) is 75.4 Å². The van der Waals surface area contributed by atoms with Gasteiger partial charge >= 0.3 is 46.8 Å². The normalized spacial score (nSPS) is 22.2.